The van der Waals surface area contributed by atoms with Gasteiger partial charge in [-0.25, -0.2) is 0 Å². The lowest BCUT2D eigenvalue weighted by atomic mass is 10.1. The van der Waals surface area contributed by atoms with Gasteiger partial charge in [0.1, 0.15) is 0 Å². The lowest BCUT2D eigenvalue weighted by molar-refractivity contribution is 0.101. The third-order valence-electron chi connectivity index (χ3n) is 1.81. The molecule has 0 spiro atoms. The number of nitrogens with two attached hydrogens (primary N) is 1. The Labute approximate surface area is 88.3 Å². The molecule has 0 aliphatic carbocycles. The average Bonchev–Trinajstić information content (AvgIpc) is 2.01. The van der Waals surface area contributed by atoms with Gasteiger partial charge < -0.3 is 11.1 Å². The minimum absolute atomic E-state index is 0.0104. The molecule has 0 atom stereocenters. The zero-order valence-corrected chi connectivity index (χ0v) is 8.94. The van der Waals surface area contributed by atoms with Crippen LogP contribution in [0.3, 0.4) is 0 Å². The highest BCUT2D eigenvalue weighted by Crippen LogP contribution is 2.17. The molecule has 0 fully saturated rings. The van der Waals surface area contributed by atoms with E-state index >= 15 is 0 Å². The average molecular weight is 208 g/mol. The maximum absolute atomic E-state index is 11.2. The number of Topliss-reactive ketones (excluding diaryl/α,β-unsaturated/α-hetero) is 1. The van der Waals surface area contributed by atoms with Gasteiger partial charge in [0.15, 0.2) is 10.9 Å². The maximum atomic E-state index is 11.2. The quantitative estimate of drug-likeness (QED) is 0.575. The van der Waals surface area contributed by atoms with Crippen LogP contribution < -0.4 is 11.1 Å². The van der Waals surface area contributed by atoms with E-state index in [0.29, 0.717) is 11.3 Å². The fraction of sp³-hybridized carbons (Fsp3) is 0.200. The van der Waals surface area contributed by atoms with Crippen molar-refractivity contribution < 1.29 is 4.79 Å². The molecule has 0 aliphatic rings. The predicted octanol–water partition coefficient (Wildman–Crippen LogP) is 1.85. The molecule has 3 N–H and O–H groups in total. The second-order valence-corrected chi connectivity index (χ2v) is 3.53. The zero-order valence-electron chi connectivity index (χ0n) is 8.13. The van der Waals surface area contributed by atoms with Crippen molar-refractivity contribution in [3.05, 3.63) is 29.3 Å². The maximum Gasteiger partial charge on any atom is 0.168 e. The molecule has 0 heterocycles. The number of rotatable bonds is 2. The van der Waals surface area contributed by atoms with Gasteiger partial charge >= 0.3 is 0 Å². The normalized spacial score (nSPS) is 9.57. The van der Waals surface area contributed by atoms with Crippen molar-refractivity contribution in [2.45, 2.75) is 13.8 Å². The Morgan fingerprint density at radius 1 is 1.50 bits per heavy atom. The minimum atomic E-state index is -0.0104. The lowest BCUT2D eigenvalue weighted by Crippen LogP contribution is -2.20. The van der Waals surface area contributed by atoms with Crippen LogP contribution in [0.25, 0.3) is 0 Å². The fourth-order valence-electron chi connectivity index (χ4n) is 1.20. The van der Waals surface area contributed by atoms with E-state index in [9.17, 15) is 4.79 Å². The fourth-order valence-corrected chi connectivity index (χ4v) is 1.31. The molecule has 0 bridgehead atoms. The molecule has 1 rings (SSSR count). The van der Waals surface area contributed by atoms with Crippen molar-refractivity contribution in [3.8, 4) is 0 Å². The number of thiocarbonyl (C=S) groups is 1. The number of aryl methyl sites for hydroxylation is 1. The largest absolute Gasteiger partial charge is 0.376 e. The lowest BCUT2D eigenvalue weighted by Gasteiger charge is -2.09. The summed E-state index contributed by atoms with van der Waals surface area (Å²) in [7, 11) is 0. The molecule has 0 unspecified atom stereocenters. The molecule has 0 aliphatic heterocycles. The van der Waals surface area contributed by atoms with E-state index < -0.39 is 0 Å². The standard InChI is InChI=1S/C10H12N2OS/c1-6-3-4-8(7(2)13)9(5-6)12-10(11)14/h3-5H,1-2H3,(H3,11,12,14). The van der Waals surface area contributed by atoms with E-state index in [1.807, 2.05) is 19.1 Å². The summed E-state index contributed by atoms with van der Waals surface area (Å²) in [5.74, 6) is -0.0104. The summed E-state index contributed by atoms with van der Waals surface area (Å²) >= 11 is 4.72. The van der Waals surface area contributed by atoms with Crippen LogP contribution in [0.5, 0.6) is 0 Å². The van der Waals surface area contributed by atoms with Crippen LogP contribution >= 0.6 is 12.2 Å². The summed E-state index contributed by atoms with van der Waals surface area (Å²) in [6.45, 7) is 3.45. The molecule has 0 saturated heterocycles. The summed E-state index contributed by atoms with van der Waals surface area (Å²) in [6.07, 6.45) is 0. The van der Waals surface area contributed by atoms with Crippen LogP contribution in [0.1, 0.15) is 22.8 Å². The van der Waals surface area contributed by atoms with Crippen LogP contribution in [-0.4, -0.2) is 10.9 Å². The van der Waals surface area contributed by atoms with E-state index in [1.165, 1.54) is 6.92 Å². The molecule has 0 saturated carbocycles. The summed E-state index contributed by atoms with van der Waals surface area (Å²) in [4.78, 5) is 11.2. The van der Waals surface area contributed by atoms with Gasteiger partial charge in [-0.15, -0.1) is 0 Å². The molecule has 1 aromatic carbocycles. The molecular formula is C10H12N2OS. The molecule has 0 amide bonds. The molecular weight excluding hydrogens is 196 g/mol. The Hall–Kier alpha value is -1.42. The Morgan fingerprint density at radius 3 is 2.64 bits per heavy atom. The molecule has 3 nitrogen and oxygen atoms in total. The van der Waals surface area contributed by atoms with Gasteiger partial charge in [0, 0.05) is 5.56 Å². The van der Waals surface area contributed by atoms with Crippen LogP contribution in [0, 0.1) is 6.92 Å². The molecule has 14 heavy (non-hydrogen) atoms. The van der Waals surface area contributed by atoms with Crippen molar-refractivity contribution in [2.24, 2.45) is 5.73 Å². The summed E-state index contributed by atoms with van der Waals surface area (Å²) in [5, 5.41) is 2.95. The van der Waals surface area contributed by atoms with Gasteiger partial charge in [-0.2, -0.15) is 0 Å². The topological polar surface area (TPSA) is 55.1 Å². The summed E-state index contributed by atoms with van der Waals surface area (Å²) < 4.78 is 0. The van der Waals surface area contributed by atoms with Crippen LogP contribution in [-0.2, 0) is 0 Å². The highest BCUT2D eigenvalue weighted by Gasteiger charge is 2.07. The Balaban J connectivity index is 3.15. The number of hydrogen-bond acceptors (Lipinski definition) is 2. The van der Waals surface area contributed by atoms with E-state index in [4.69, 9.17) is 18.0 Å². The predicted molar refractivity (Wildman–Crippen MR) is 61.6 cm³/mol. The first-order valence-corrected chi connectivity index (χ1v) is 4.59. The highest BCUT2D eigenvalue weighted by atomic mass is 32.1. The van der Waals surface area contributed by atoms with E-state index in [2.05, 4.69) is 5.32 Å². The number of ketones is 1. The van der Waals surface area contributed by atoms with Crippen molar-refractivity contribution >= 4 is 28.8 Å². The van der Waals surface area contributed by atoms with Gasteiger partial charge in [-0.05, 0) is 43.8 Å². The molecule has 0 aromatic heterocycles. The Kier molecular flexibility index (Phi) is 3.19. The van der Waals surface area contributed by atoms with Gasteiger partial charge in [0.2, 0.25) is 0 Å². The van der Waals surface area contributed by atoms with Gasteiger partial charge in [-0.3, -0.25) is 4.79 Å². The Bertz CT molecular complexity index is 388. The molecule has 0 radical (unpaired) electrons. The van der Waals surface area contributed by atoms with Gasteiger partial charge in [0.05, 0.1) is 5.69 Å². The number of carbonyl (C=O) groups excluding carboxylic acids is 1. The first-order valence-electron chi connectivity index (χ1n) is 4.18. The van der Waals surface area contributed by atoms with Gasteiger partial charge in [0.25, 0.3) is 0 Å². The number of hydrogen-bond donors (Lipinski definition) is 2. The van der Waals surface area contributed by atoms with E-state index in [0.717, 1.165) is 5.56 Å². The van der Waals surface area contributed by atoms with E-state index in [1.54, 1.807) is 6.07 Å². The Morgan fingerprint density at radius 2 is 2.14 bits per heavy atom. The second kappa shape index (κ2) is 4.19. The first-order chi connectivity index (χ1) is 6.50. The number of anilines is 1. The summed E-state index contributed by atoms with van der Waals surface area (Å²) in [6, 6.07) is 5.48. The molecule has 74 valence electrons. The van der Waals surface area contributed by atoms with Crippen LogP contribution in [0.15, 0.2) is 18.2 Å². The monoisotopic (exact) mass is 208 g/mol. The summed E-state index contributed by atoms with van der Waals surface area (Å²) in [5.41, 5.74) is 7.67. The number of benzene rings is 1. The van der Waals surface area contributed by atoms with Crippen molar-refractivity contribution in [2.75, 3.05) is 5.32 Å². The third-order valence-corrected chi connectivity index (χ3v) is 1.91. The highest BCUT2D eigenvalue weighted by molar-refractivity contribution is 7.80. The van der Waals surface area contributed by atoms with Crippen LogP contribution in [0.4, 0.5) is 5.69 Å². The van der Waals surface area contributed by atoms with Crippen LogP contribution in [0.2, 0.25) is 0 Å². The van der Waals surface area contributed by atoms with E-state index in [-0.39, 0.29) is 10.9 Å². The number of carbonyl (C=O) groups is 1. The first kappa shape index (κ1) is 10.7. The van der Waals surface area contributed by atoms with Crippen molar-refractivity contribution in [1.29, 1.82) is 0 Å². The van der Waals surface area contributed by atoms with Gasteiger partial charge in [-0.1, -0.05) is 6.07 Å². The van der Waals surface area contributed by atoms with Crippen molar-refractivity contribution in [1.82, 2.24) is 0 Å². The zero-order chi connectivity index (χ0) is 10.7. The minimum Gasteiger partial charge on any atom is -0.376 e. The SMILES string of the molecule is CC(=O)c1ccc(C)cc1NC(N)=S. The third kappa shape index (κ3) is 2.53. The second-order valence-electron chi connectivity index (χ2n) is 3.09. The number of nitrogens with one attached hydrogen (secondary N) is 1. The molecule has 4 heteroatoms. The van der Waals surface area contributed by atoms with Crippen molar-refractivity contribution in [3.63, 3.8) is 0 Å². The molecule has 1 aromatic rings. The smallest absolute Gasteiger partial charge is 0.168 e.